The van der Waals surface area contributed by atoms with E-state index in [1.807, 2.05) is 0 Å². The van der Waals surface area contributed by atoms with Crippen LogP contribution >= 0.6 is 0 Å². The van der Waals surface area contributed by atoms with Crippen LogP contribution in [-0.2, 0) is 35.8 Å². The molecule has 17 heteroatoms. The normalized spacial score (nSPS) is 16.0. The second kappa shape index (κ2) is 17.6. The van der Waals surface area contributed by atoms with Gasteiger partial charge in [-0.25, -0.2) is 8.42 Å². The number of methoxy groups -OCH3 is 3. The molecule has 302 valence electrons. The maximum Gasteiger partial charge on any atom is 0.417 e. The highest BCUT2D eigenvalue weighted by Gasteiger charge is 2.43. The Labute approximate surface area is 329 Å². The Kier molecular flexibility index (Phi) is 12.7. The van der Waals surface area contributed by atoms with Gasteiger partial charge in [-0.15, -0.1) is 10.2 Å². The molecule has 4 aromatic carbocycles. The summed E-state index contributed by atoms with van der Waals surface area (Å²) in [6.45, 7) is 0.0193. The van der Waals surface area contributed by atoms with E-state index in [4.69, 9.17) is 25.7 Å². The summed E-state index contributed by atoms with van der Waals surface area (Å²) in [6, 6.07) is 22.7. The first-order valence-corrected chi connectivity index (χ1v) is 19.7. The lowest BCUT2D eigenvalue weighted by Gasteiger charge is -2.31. The number of aliphatic imine (C=N–C) groups is 1. The van der Waals surface area contributed by atoms with E-state index in [9.17, 15) is 0 Å². The van der Waals surface area contributed by atoms with E-state index in [0.29, 0.717) is 66.2 Å². The molecule has 57 heavy (non-hydrogen) atoms. The van der Waals surface area contributed by atoms with Crippen molar-refractivity contribution < 1.29 is 35.8 Å². The molecule has 1 heterocycles. The lowest BCUT2D eigenvalue weighted by Crippen LogP contribution is -2.33. The van der Waals surface area contributed by atoms with Crippen molar-refractivity contribution in [2.75, 3.05) is 27.9 Å². The number of nitrogens with two attached hydrogens (primary N) is 2. The predicted molar refractivity (Wildman–Crippen MR) is 208 cm³/mol. The number of aromatic nitrogens is 4. The van der Waals surface area contributed by atoms with Crippen molar-refractivity contribution in [3.05, 3.63) is 113 Å². The molecule has 1 aliphatic rings. The van der Waals surface area contributed by atoms with Crippen LogP contribution in [-0.4, -0.2) is 66.8 Å². The van der Waals surface area contributed by atoms with E-state index < -0.39 is 26.7 Å². The van der Waals surface area contributed by atoms with Gasteiger partial charge in [0.2, 0.25) is 15.8 Å². The summed E-state index contributed by atoms with van der Waals surface area (Å²) in [5.41, 5.74) is 11.8. The molecular formula is C40H45F3N8O5S. The summed E-state index contributed by atoms with van der Waals surface area (Å²) in [4.78, 5) is 4.46. The molecule has 0 radical (unpaired) electrons. The Bertz CT molecular complexity index is 2210. The Morgan fingerprint density at radius 1 is 0.789 bits per heavy atom. The van der Waals surface area contributed by atoms with E-state index in [-0.39, 0.29) is 48.8 Å². The second-order valence-corrected chi connectivity index (χ2v) is 15.7. The SMILES string of the molecule is COc1ccc(CN(Cc2ccc(OC)cc2)S(=O)(=O)c2c(C(F)(F)F)ccc(C3CCC(CN=C(N)N)CC3)c2-c2nnn(Cc3ccc(OC)cc3)n2)cc1. The maximum absolute atomic E-state index is 15.3. The number of ether oxygens (including phenoxy) is 3. The van der Waals surface area contributed by atoms with E-state index in [2.05, 4.69) is 20.4 Å². The van der Waals surface area contributed by atoms with Crippen molar-refractivity contribution in [2.45, 2.75) is 62.3 Å². The van der Waals surface area contributed by atoms with Crippen LogP contribution in [0.1, 0.15) is 59.4 Å². The van der Waals surface area contributed by atoms with Gasteiger partial charge < -0.3 is 25.7 Å². The zero-order valence-electron chi connectivity index (χ0n) is 31.8. The Balaban J connectivity index is 1.51. The third-order valence-electron chi connectivity index (χ3n) is 10.1. The number of guanidine groups is 1. The van der Waals surface area contributed by atoms with Gasteiger partial charge in [0, 0.05) is 25.2 Å². The Hall–Kier alpha value is -5.68. The van der Waals surface area contributed by atoms with Crippen molar-refractivity contribution in [3.63, 3.8) is 0 Å². The van der Waals surface area contributed by atoms with Gasteiger partial charge in [-0.1, -0.05) is 42.5 Å². The Morgan fingerprint density at radius 3 is 1.77 bits per heavy atom. The fraction of sp³-hybridized carbons (Fsp3) is 0.350. The first-order valence-electron chi connectivity index (χ1n) is 18.3. The first kappa shape index (κ1) is 41.0. The van der Waals surface area contributed by atoms with Crippen molar-refractivity contribution in [1.82, 2.24) is 24.5 Å². The van der Waals surface area contributed by atoms with E-state index in [1.54, 1.807) is 79.9 Å². The number of alkyl halides is 3. The molecule has 13 nitrogen and oxygen atoms in total. The van der Waals surface area contributed by atoms with Gasteiger partial charge in [0.1, 0.15) is 22.1 Å². The molecule has 0 atom stereocenters. The number of hydrogen-bond acceptors (Lipinski definition) is 9. The summed E-state index contributed by atoms with van der Waals surface area (Å²) >= 11 is 0. The standard InChI is InChI=1S/C40H45F3N8O5S/c1-54-31-14-6-27(7-15-31)23-50(24-28-8-16-32(55-2)17-9-28)57(52,53)37-35(40(41,42)43)21-20-34(30-12-4-26(5-13-30)22-46-39(44)45)36(37)38-47-49-51(48-38)25-29-10-18-33(56-3)19-11-29/h6-11,14-21,26,30H,4-5,12-13,22-25H2,1-3H3,(H4,44,45,46). The van der Waals surface area contributed by atoms with Gasteiger partial charge in [-0.2, -0.15) is 22.3 Å². The summed E-state index contributed by atoms with van der Waals surface area (Å²) in [6.07, 6.45) is -2.64. The highest BCUT2D eigenvalue weighted by Crippen LogP contribution is 2.47. The minimum Gasteiger partial charge on any atom is -0.497 e. The molecule has 0 unspecified atom stereocenters. The second-order valence-electron chi connectivity index (χ2n) is 13.8. The lowest BCUT2D eigenvalue weighted by atomic mass is 9.77. The molecule has 1 aromatic heterocycles. The number of sulfonamides is 1. The number of halogens is 3. The molecule has 1 saturated carbocycles. The number of benzene rings is 4. The number of tetrazole rings is 1. The molecule has 4 N–H and O–H groups in total. The van der Waals surface area contributed by atoms with Gasteiger partial charge in [0.05, 0.1) is 33.4 Å². The van der Waals surface area contributed by atoms with Crippen LogP contribution in [0.4, 0.5) is 13.2 Å². The largest absolute Gasteiger partial charge is 0.497 e. The van der Waals surface area contributed by atoms with Crippen molar-refractivity contribution in [2.24, 2.45) is 22.4 Å². The van der Waals surface area contributed by atoms with Gasteiger partial charge in [0.15, 0.2) is 5.96 Å². The zero-order valence-corrected chi connectivity index (χ0v) is 32.6. The van der Waals surface area contributed by atoms with E-state index in [0.717, 1.165) is 15.9 Å². The van der Waals surface area contributed by atoms with Crippen LogP contribution in [0.25, 0.3) is 11.4 Å². The molecule has 0 aliphatic heterocycles. The molecule has 1 aliphatic carbocycles. The highest BCUT2D eigenvalue weighted by atomic mass is 32.2. The summed E-state index contributed by atoms with van der Waals surface area (Å²) in [7, 11) is -0.448. The molecule has 0 bridgehead atoms. The fourth-order valence-electron chi connectivity index (χ4n) is 7.08. The van der Waals surface area contributed by atoms with Crippen molar-refractivity contribution in [1.29, 1.82) is 0 Å². The zero-order chi connectivity index (χ0) is 40.7. The lowest BCUT2D eigenvalue weighted by molar-refractivity contribution is -0.139. The fourth-order valence-corrected chi connectivity index (χ4v) is 8.90. The molecule has 0 spiro atoms. The van der Waals surface area contributed by atoms with E-state index in [1.165, 1.54) is 25.1 Å². The summed E-state index contributed by atoms with van der Waals surface area (Å²) < 4.78 is 93.3. The third-order valence-corrected chi connectivity index (χ3v) is 12.0. The van der Waals surface area contributed by atoms with Gasteiger partial charge in [-0.3, -0.25) is 4.99 Å². The highest BCUT2D eigenvalue weighted by molar-refractivity contribution is 7.89. The minimum absolute atomic E-state index is 0.0189. The minimum atomic E-state index is -5.07. The third kappa shape index (κ3) is 9.83. The topological polar surface area (TPSA) is 173 Å². The van der Waals surface area contributed by atoms with Gasteiger partial charge in [-0.05, 0) is 107 Å². The van der Waals surface area contributed by atoms with Crippen LogP contribution in [0.15, 0.2) is 94.8 Å². The molecular weight excluding hydrogens is 762 g/mol. The molecule has 5 aromatic rings. The Morgan fingerprint density at radius 2 is 1.30 bits per heavy atom. The molecule has 1 fully saturated rings. The maximum atomic E-state index is 15.3. The molecule has 0 saturated heterocycles. The average Bonchev–Trinajstić information content (AvgIpc) is 3.68. The first-order chi connectivity index (χ1) is 27.3. The van der Waals surface area contributed by atoms with Gasteiger partial charge in [0.25, 0.3) is 0 Å². The predicted octanol–water partition coefficient (Wildman–Crippen LogP) is 6.37. The molecule has 6 rings (SSSR count). The number of rotatable bonds is 15. The summed E-state index contributed by atoms with van der Waals surface area (Å²) in [5, 5.41) is 13.0. The number of nitrogens with zero attached hydrogens (tertiary/aromatic N) is 6. The van der Waals surface area contributed by atoms with Crippen LogP contribution in [0.3, 0.4) is 0 Å². The van der Waals surface area contributed by atoms with Gasteiger partial charge >= 0.3 is 6.18 Å². The number of hydrogen-bond donors (Lipinski definition) is 2. The quantitative estimate of drug-likeness (QED) is 0.0894. The van der Waals surface area contributed by atoms with Crippen LogP contribution in [0.2, 0.25) is 0 Å². The van der Waals surface area contributed by atoms with E-state index >= 15 is 21.6 Å². The smallest absolute Gasteiger partial charge is 0.417 e. The monoisotopic (exact) mass is 806 g/mol. The molecule has 0 amide bonds. The van der Waals surface area contributed by atoms with Crippen LogP contribution in [0.5, 0.6) is 17.2 Å². The van der Waals surface area contributed by atoms with Crippen LogP contribution in [0, 0.1) is 5.92 Å². The van der Waals surface area contributed by atoms with Crippen molar-refractivity contribution in [3.8, 4) is 28.6 Å². The van der Waals surface area contributed by atoms with Crippen molar-refractivity contribution >= 4 is 16.0 Å². The average molecular weight is 807 g/mol. The van der Waals surface area contributed by atoms with Crippen LogP contribution < -0.4 is 25.7 Å². The summed E-state index contributed by atoms with van der Waals surface area (Å²) in [5.74, 6) is 1.28.